The van der Waals surface area contributed by atoms with E-state index in [0.717, 1.165) is 0 Å². The molecule has 220 valence electrons. The first-order chi connectivity index (χ1) is 19.9. The lowest BCUT2D eigenvalue weighted by atomic mass is 9.96. The molecule has 5 rings (SSSR count). The Morgan fingerprint density at radius 2 is 1.98 bits per heavy atom. The molecular weight excluding hydrogens is 555 g/mol. The summed E-state index contributed by atoms with van der Waals surface area (Å²) < 4.78 is 59.7. The highest BCUT2D eigenvalue weighted by Gasteiger charge is 2.31. The Kier molecular flexibility index (Phi) is 7.63. The van der Waals surface area contributed by atoms with Gasteiger partial charge in [0, 0.05) is 43.7 Å². The van der Waals surface area contributed by atoms with Crippen LogP contribution in [-0.2, 0) is 13.6 Å². The van der Waals surface area contributed by atoms with Crippen LogP contribution in [0.2, 0.25) is 0 Å². The van der Waals surface area contributed by atoms with Gasteiger partial charge in [-0.15, -0.1) is 5.10 Å². The van der Waals surface area contributed by atoms with Gasteiger partial charge < -0.3 is 19.5 Å². The van der Waals surface area contributed by atoms with E-state index in [1.165, 1.54) is 17.1 Å². The molecule has 0 unspecified atom stereocenters. The number of hydrogen-bond donors (Lipinski definition) is 1. The maximum absolute atomic E-state index is 13.1. The molecule has 15 heteroatoms. The highest BCUT2D eigenvalue weighted by molar-refractivity contribution is 5.75. The zero-order chi connectivity index (χ0) is 30.1. The van der Waals surface area contributed by atoms with Crippen molar-refractivity contribution in [2.45, 2.75) is 46.0 Å². The largest absolute Gasteiger partial charge is 0.490 e. The number of aromatic nitrogens is 7. The molecule has 0 saturated heterocycles. The molecule has 0 saturated carbocycles. The highest BCUT2D eigenvalue weighted by Crippen LogP contribution is 2.39. The van der Waals surface area contributed by atoms with Gasteiger partial charge in [0.1, 0.15) is 22.9 Å². The van der Waals surface area contributed by atoms with Gasteiger partial charge in [-0.2, -0.15) is 23.5 Å². The van der Waals surface area contributed by atoms with Crippen LogP contribution in [0.25, 0.3) is 22.5 Å². The zero-order valence-corrected chi connectivity index (χ0v) is 23.3. The van der Waals surface area contributed by atoms with Crippen molar-refractivity contribution >= 4 is 11.6 Å². The number of alkyl halides is 3. The summed E-state index contributed by atoms with van der Waals surface area (Å²) in [4.78, 5) is 13.4. The van der Waals surface area contributed by atoms with E-state index in [9.17, 15) is 18.4 Å². The average Bonchev–Trinajstić information content (AvgIpc) is 3.49. The molecule has 1 aliphatic rings. The van der Waals surface area contributed by atoms with Crippen molar-refractivity contribution in [3.63, 3.8) is 0 Å². The summed E-state index contributed by atoms with van der Waals surface area (Å²) in [6.07, 6.45) is 1.70. The Labute approximate surface area is 239 Å². The predicted octanol–water partition coefficient (Wildman–Crippen LogP) is 4.92. The van der Waals surface area contributed by atoms with Crippen molar-refractivity contribution in [2.24, 2.45) is 12.5 Å². The number of rotatable bonds is 5. The first kappa shape index (κ1) is 28.7. The summed E-state index contributed by atoms with van der Waals surface area (Å²) in [6, 6.07) is 5.45. The average molecular weight is 584 g/mol. The summed E-state index contributed by atoms with van der Waals surface area (Å²) in [7, 11) is 1.75. The third kappa shape index (κ3) is 6.54. The smallest absolute Gasteiger partial charge is 0.422 e. The molecule has 4 aromatic rings. The minimum Gasteiger partial charge on any atom is -0.490 e. The van der Waals surface area contributed by atoms with Crippen LogP contribution in [-0.4, -0.2) is 60.0 Å². The van der Waals surface area contributed by atoms with E-state index in [4.69, 9.17) is 14.2 Å². The fourth-order valence-electron chi connectivity index (χ4n) is 4.21. The topological polar surface area (TPSA) is 138 Å². The van der Waals surface area contributed by atoms with E-state index >= 15 is 0 Å². The summed E-state index contributed by atoms with van der Waals surface area (Å²) in [5.41, 5.74) is 0.379. The standard InChI is InChI=1S/C27H28F3N9O3/c1-16-6-8-40-25-18(11-34-38(25)4)23-32-7-5-21(36-23)35-22-9-20(42-16)17(10-33-22)19-12-39(14-26(2,3)13-31)37-24(19)41-15-27(28,29)30/h5,7,9-12,16H,6,8,14-15H2,1-4H3,(H,32,33,35,36)/t16-/m0/s1. The molecule has 1 aliphatic heterocycles. The summed E-state index contributed by atoms with van der Waals surface area (Å²) in [5.74, 6) is 1.77. The predicted molar refractivity (Wildman–Crippen MR) is 144 cm³/mol. The van der Waals surface area contributed by atoms with E-state index in [1.54, 1.807) is 50.1 Å². The number of halogens is 3. The van der Waals surface area contributed by atoms with Crippen molar-refractivity contribution in [3.8, 4) is 46.1 Å². The van der Waals surface area contributed by atoms with Crippen molar-refractivity contribution in [1.29, 1.82) is 5.26 Å². The van der Waals surface area contributed by atoms with E-state index in [2.05, 4.69) is 36.5 Å². The van der Waals surface area contributed by atoms with Crippen LogP contribution in [0.3, 0.4) is 0 Å². The number of anilines is 2. The molecule has 0 aliphatic carbocycles. The van der Waals surface area contributed by atoms with Crippen LogP contribution < -0.4 is 19.5 Å². The number of hydrogen-bond acceptors (Lipinski definition) is 10. The van der Waals surface area contributed by atoms with E-state index in [1.807, 2.05) is 6.92 Å². The lowest BCUT2D eigenvalue weighted by Crippen LogP contribution is -2.20. The second-order valence-electron chi connectivity index (χ2n) is 10.5. The molecule has 0 fully saturated rings. The van der Waals surface area contributed by atoms with Crippen molar-refractivity contribution in [3.05, 3.63) is 36.9 Å². The van der Waals surface area contributed by atoms with Gasteiger partial charge in [0.2, 0.25) is 11.8 Å². The number of pyridine rings is 1. The number of ether oxygens (including phenoxy) is 3. The lowest BCUT2D eigenvalue weighted by molar-refractivity contribution is -0.154. The van der Waals surface area contributed by atoms with Gasteiger partial charge in [0.25, 0.3) is 0 Å². The van der Waals surface area contributed by atoms with Crippen LogP contribution in [0, 0.1) is 16.7 Å². The Morgan fingerprint density at radius 1 is 1.17 bits per heavy atom. The highest BCUT2D eigenvalue weighted by atomic mass is 19.4. The SMILES string of the molecule is C[C@H]1CCOc2c(cnn2C)-c2nccc(n2)Nc2cc(c(-c3cn(CC(C)(C)C#N)nc3OCC(F)(F)F)cn2)O1. The fraction of sp³-hybridized carbons (Fsp3) is 0.407. The third-order valence-corrected chi connectivity index (χ3v) is 6.24. The molecule has 12 nitrogen and oxygen atoms in total. The molecule has 4 bridgehead atoms. The molecule has 4 aromatic heterocycles. The number of aryl methyl sites for hydroxylation is 1. The Hall–Kier alpha value is -4.87. The fourth-order valence-corrected chi connectivity index (χ4v) is 4.21. The molecule has 0 spiro atoms. The monoisotopic (exact) mass is 583 g/mol. The van der Waals surface area contributed by atoms with Crippen LogP contribution in [0.5, 0.6) is 17.5 Å². The molecule has 1 N–H and O–H groups in total. The Bertz CT molecular complexity index is 1620. The third-order valence-electron chi connectivity index (χ3n) is 6.24. The van der Waals surface area contributed by atoms with Crippen molar-refractivity contribution in [2.75, 3.05) is 18.5 Å². The van der Waals surface area contributed by atoms with Gasteiger partial charge in [-0.3, -0.25) is 4.68 Å². The zero-order valence-electron chi connectivity index (χ0n) is 23.3. The van der Waals surface area contributed by atoms with Gasteiger partial charge in [0.05, 0.1) is 42.5 Å². The molecule has 1 atom stereocenters. The van der Waals surface area contributed by atoms with Crippen molar-refractivity contribution < 1.29 is 27.4 Å². The van der Waals surface area contributed by atoms with Crippen molar-refractivity contribution in [1.82, 2.24) is 34.5 Å². The molecule has 0 aromatic carbocycles. The van der Waals surface area contributed by atoms with Crippen LogP contribution in [0.4, 0.5) is 24.8 Å². The van der Waals surface area contributed by atoms with E-state index in [-0.39, 0.29) is 30.7 Å². The number of nitrogens with zero attached hydrogens (tertiary/aromatic N) is 8. The first-order valence-corrected chi connectivity index (χ1v) is 13.0. The molecule has 0 amide bonds. The summed E-state index contributed by atoms with van der Waals surface area (Å²) in [6.45, 7) is 4.11. The van der Waals surface area contributed by atoms with Gasteiger partial charge >= 0.3 is 6.18 Å². The lowest BCUT2D eigenvalue weighted by Gasteiger charge is -2.19. The minimum atomic E-state index is -4.58. The number of nitriles is 1. The maximum Gasteiger partial charge on any atom is 0.422 e. The normalized spacial score (nSPS) is 15.3. The van der Waals surface area contributed by atoms with E-state index in [0.29, 0.717) is 46.6 Å². The minimum absolute atomic E-state index is 0.120. The quantitative estimate of drug-likeness (QED) is 0.345. The first-order valence-electron chi connectivity index (χ1n) is 13.0. The molecule has 5 heterocycles. The van der Waals surface area contributed by atoms with Gasteiger partial charge in [-0.05, 0) is 26.8 Å². The Balaban J connectivity index is 1.56. The molecular formula is C27H28F3N9O3. The van der Waals surface area contributed by atoms with Crippen LogP contribution >= 0.6 is 0 Å². The second-order valence-corrected chi connectivity index (χ2v) is 10.5. The van der Waals surface area contributed by atoms with Gasteiger partial charge in [-0.1, -0.05) is 0 Å². The summed E-state index contributed by atoms with van der Waals surface area (Å²) in [5, 5.41) is 21.1. The molecule has 0 radical (unpaired) electrons. The number of fused-ring (bicyclic) bond motifs is 6. The van der Waals surface area contributed by atoms with Gasteiger partial charge in [0.15, 0.2) is 12.4 Å². The molecule has 42 heavy (non-hydrogen) atoms. The van der Waals surface area contributed by atoms with Gasteiger partial charge in [-0.25, -0.2) is 19.6 Å². The van der Waals surface area contributed by atoms with Crippen LogP contribution in [0.1, 0.15) is 27.2 Å². The summed E-state index contributed by atoms with van der Waals surface area (Å²) >= 11 is 0. The Morgan fingerprint density at radius 3 is 2.74 bits per heavy atom. The number of nitrogens with one attached hydrogen (secondary N) is 1. The van der Waals surface area contributed by atoms with E-state index < -0.39 is 18.2 Å². The maximum atomic E-state index is 13.1. The van der Waals surface area contributed by atoms with Crippen LogP contribution in [0.15, 0.2) is 36.9 Å². The second kappa shape index (κ2) is 11.2.